The Labute approximate surface area is 226 Å². The molecule has 2 aromatic heterocycles. The minimum Gasteiger partial charge on any atom is -0.491 e. The van der Waals surface area contributed by atoms with Crippen LogP contribution < -0.4 is 15.2 Å². The van der Waals surface area contributed by atoms with E-state index >= 15 is 0 Å². The van der Waals surface area contributed by atoms with Crippen LogP contribution in [0.15, 0.2) is 46.3 Å². The summed E-state index contributed by atoms with van der Waals surface area (Å²) >= 11 is 0. The average Bonchev–Trinajstić information content (AvgIpc) is 3.47. The summed E-state index contributed by atoms with van der Waals surface area (Å²) in [7, 11) is -7.55. The monoisotopic (exact) mass is 580 g/mol. The summed E-state index contributed by atoms with van der Waals surface area (Å²) in [6.45, 7) is 3.13. The van der Waals surface area contributed by atoms with E-state index in [0.29, 0.717) is 61.7 Å². The minimum absolute atomic E-state index is 0.00281. The number of imidazole rings is 1. The Bertz CT molecular complexity index is 1550. The van der Waals surface area contributed by atoms with E-state index in [1.165, 1.54) is 28.7 Å². The number of aliphatic hydroxyl groups is 1. The van der Waals surface area contributed by atoms with Gasteiger partial charge in [-0.25, -0.2) is 31.9 Å². The zero-order valence-electron chi connectivity index (χ0n) is 21.4. The van der Waals surface area contributed by atoms with Crippen molar-refractivity contribution in [3.05, 3.63) is 42.4 Å². The fourth-order valence-corrected chi connectivity index (χ4v) is 7.00. The molecule has 0 aliphatic carbocycles. The van der Waals surface area contributed by atoms with Gasteiger partial charge in [-0.1, -0.05) is 6.07 Å². The van der Waals surface area contributed by atoms with Crippen LogP contribution in [0.5, 0.6) is 5.75 Å². The van der Waals surface area contributed by atoms with Crippen molar-refractivity contribution >= 4 is 31.2 Å². The van der Waals surface area contributed by atoms with Crippen LogP contribution in [0.2, 0.25) is 0 Å². The topological polar surface area (TPSA) is 190 Å². The molecule has 2 unspecified atom stereocenters. The number of primary sulfonamides is 1. The number of H-pyrrole nitrogens is 1. The molecule has 39 heavy (non-hydrogen) atoms. The van der Waals surface area contributed by atoms with Gasteiger partial charge in [0, 0.05) is 37.9 Å². The number of pyridine rings is 1. The van der Waals surface area contributed by atoms with Crippen LogP contribution in [0.3, 0.4) is 0 Å². The molecule has 0 bridgehead atoms. The summed E-state index contributed by atoms with van der Waals surface area (Å²) in [6.07, 6.45) is 2.35. The third-order valence-corrected chi connectivity index (χ3v) is 9.90. The number of aromatic nitrogens is 3. The predicted octanol–water partition coefficient (Wildman–Crippen LogP) is 0.255. The standard InChI is InChI=1S/C24H32N6O7S2/c1-16-28-22-10-21(13-27-23(22)29-16)39(34,35)30-7-5-24(6-8-30)11-17(14-37-24)26-12-18(31)15-36-19-3-2-4-20(9-19)38(25,32)33/h2-4,9-10,13,17-18,26,31H,5-8,11-12,14-15H2,1H3,(H2,25,32,33)(H,27,28,29). The van der Waals surface area contributed by atoms with Crippen molar-refractivity contribution in [2.45, 2.75) is 53.7 Å². The molecule has 4 heterocycles. The molecule has 1 spiro atoms. The Morgan fingerprint density at radius 3 is 2.77 bits per heavy atom. The van der Waals surface area contributed by atoms with Crippen molar-refractivity contribution in [2.24, 2.45) is 5.14 Å². The number of nitrogens with two attached hydrogens (primary N) is 1. The maximum absolute atomic E-state index is 13.2. The molecule has 0 radical (unpaired) electrons. The summed E-state index contributed by atoms with van der Waals surface area (Å²) in [5.41, 5.74) is 0.649. The zero-order chi connectivity index (χ0) is 27.8. The van der Waals surface area contributed by atoms with Crippen LogP contribution in [0.4, 0.5) is 0 Å². The highest BCUT2D eigenvalue weighted by Crippen LogP contribution is 2.37. The van der Waals surface area contributed by atoms with Gasteiger partial charge in [-0.3, -0.25) is 0 Å². The predicted molar refractivity (Wildman–Crippen MR) is 141 cm³/mol. The zero-order valence-corrected chi connectivity index (χ0v) is 23.0. The number of hydrogen-bond acceptors (Lipinski definition) is 10. The molecular formula is C24H32N6O7S2. The number of piperidine rings is 1. The first-order valence-corrected chi connectivity index (χ1v) is 15.6. The van der Waals surface area contributed by atoms with Crippen LogP contribution in [-0.2, 0) is 24.8 Å². The van der Waals surface area contributed by atoms with Gasteiger partial charge in [-0.15, -0.1) is 0 Å². The van der Waals surface area contributed by atoms with E-state index in [-0.39, 0.29) is 29.0 Å². The number of benzene rings is 1. The lowest BCUT2D eigenvalue weighted by molar-refractivity contribution is -0.0312. The van der Waals surface area contributed by atoms with E-state index in [1.54, 1.807) is 19.1 Å². The Balaban J connectivity index is 1.09. The lowest BCUT2D eigenvalue weighted by atomic mass is 9.88. The number of aromatic amines is 1. The van der Waals surface area contributed by atoms with E-state index in [1.807, 2.05) is 0 Å². The van der Waals surface area contributed by atoms with E-state index in [2.05, 4.69) is 20.3 Å². The normalized spacial score (nSPS) is 20.9. The molecule has 0 amide bonds. The number of sulfonamides is 2. The molecule has 2 aliphatic rings. The second-order valence-corrected chi connectivity index (χ2v) is 13.6. The number of rotatable bonds is 9. The van der Waals surface area contributed by atoms with Gasteiger partial charge in [0.05, 0.1) is 17.1 Å². The van der Waals surface area contributed by atoms with Gasteiger partial charge in [0.15, 0.2) is 5.65 Å². The molecule has 5 N–H and O–H groups in total. The Morgan fingerprint density at radius 2 is 2.03 bits per heavy atom. The van der Waals surface area contributed by atoms with Gasteiger partial charge < -0.3 is 24.9 Å². The average molecular weight is 581 g/mol. The molecular weight excluding hydrogens is 548 g/mol. The van der Waals surface area contributed by atoms with Gasteiger partial charge >= 0.3 is 0 Å². The second-order valence-electron chi connectivity index (χ2n) is 10.1. The lowest BCUT2D eigenvalue weighted by Gasteiger charge is -2.38. The third-order valence-electron chi connectivity index (χ3n) is 7.13. The molecule has 2 aliphatic heterocycles. The molecule has 3 aromatic rings. The molecule has 13 nitrogen and oxygen atoms in total. The maximum atomic E-state index is 13.2. The highest BCUT2D eigenvalue weighted by Gasteiger charge is 2.44. The van der Waals surface area contributed by atoms with Crippen LogP contribution in [0.25, 0.3) is 11.2 Å². The number of hydrogen-bond donors (Lipinski definition) is 4. The Morgan fingerprint density at radius 1 is 1.26 bits per heavy atom. The molecule has 212 valence electrons. The Hall–Kier alpha value is -2.66. The van der Waals surface area contributed by atoms with E-state index in [9.17, 15) is 21.9 Å². The number of nitrogens with one attached hydrogen (secondary N) is 2. The summed E-state index contributed by atoms with van der Waals surface area (Å²) in [5, 5.41) is 18.8. The SMILES string of the molecule is Cc1nc2cc(S(=O)(=O)N3CCC4(CC3)CC(NCC(O)COc3cccc(S(N)(=O)=O)c3)CO4)cnc2[nH]1. The summed E-state index contributed by atoms with van der Waals surface area (Å²) in [5.74, 6) is 0.962. The summed E-state index contributed by atoms with van der Waals surface area (Å²) in [4.78, 5) is 11.5. The number of ether oxygens (including phenoxy) is 2. The van der Waals surface area contributed by atoms with Gasteiger partial charge in [0.2, 0.25) is 20.0 Å². The van der Waals surface area contributed by atoms with Crippen LogP contribution >= 0.6 is 0 Å². The first-order valence-electron chi connectivity index (χ1n) is 12.6. The number of aliphatic hydroxyl groups excluding tert-OH is 1. The first-order chi connectivity index (χ1) is 18.4. The van der Waals surface area contributed by atoms with Crippen LogP contribution in [0, 0.1) is 6.92 Å². The van der Waals surface area contributed by atoms with Crippen LogP contribution in [-0.4, -0.2) is 91.8 Å². The molecule has 0 saturated carbocycles. The van der Waals surface area contributed by atoms with E-state index < -0.39 is 31.8 Å². The first kappa shape index (κ1) is 27.9. The molecule has 1 aromatic carbocycles. The summed E-state index contributed by atoms with van der Waals surface area (Å²) < 4.78 is 62.6. The minimum atomic E-state index is -3.84. The van der Waals surface area contributed by atoms with Gasteiger partial charge in [-0.2, -0.15) is 4.31 Å². The van der Waals surface area contributed by atoms with Crippen molar-refractivity contribution in [3.63, 3.8) is 0 Å². The Kier molecular flexibility index (Phi) is 7.67. The molecule has 2 fully saturated rings. The second kappa shape index (κ2) is 10.7. The molecule has 15 heteroatoms. The summed E-state index contributed by atoms with van der Waals surface area (Å²) in [6, 6.07) is 7.33. The number of nitrogens with zero attached hydrogens (tertiary/aromatic N) is 3. The quantitative estimate of drug-likeness (QED) is 0.273. The van der Waals surface area contributed by atoms with Crippen molar-refractivity contribution in [1.82, 2.24) is 24.6 Å². The largest absolute Gasteiger partial charge is 0.491 e. The van der Waals surface area contributed by atoms with Crippen molar-refractivity contribution in [1.29, 1.82) is 0 Å². The van der Waals surface area contributed by atoms with Crippen LogP contribution in [0.1, 0.15) is 25.1 Å². The van der Waals surface area contributed by atoms with Gasteiger partial charge in [0.25, 0.3) is 0 Å². The fraction of sp³-hybridized carbons (Fsp3) is 0.500. The third kappa shape index (κ3) is 6.24. The highest BCUT2D eigenvalue weighted by atomic mass is 32.2. The lowest BCUT2D eigenvalue weighted by Crippen LogP contribution is -2.47. The van der Waals surface area contributed by atoms with Gasteiger partial charge in [0.1, 0.15) is 34.7 Å². The maximum Gasteiger partial charge on any atom is 0.244 e. The number of aryl methyl sites for hydroxylation is 1. The molecule has 5 rings (SSSR count). The van der Waals surface area contributed by atoms with E-state index in [4.69, 9.17) is 14.6 Å². The van der Waals surface area contributed by atoms with Gasteiger partial charge in [-0.05, 0) is 44.4 Å². The number of fused-ring (bicyclic) bond motifs is 1. The molecule has 2 saturated heterocycles. The van der Waals surface area contributed by atoms with Crippen molar-refractivity contribution in [2.75, 3.05) is 32.8 Å². The molecule has 2 atom stereocenters. The van der Waals surface area contributed by atoms with E-state index in [0.717, 1.165) is 0 Å². The highest BCUT2D eigenvalue weighted by molar-refractivity contribution is 7.89. The van der Waals surface area contributed by atoms with Crippen molar-refractivity contribution in [3.8, 4) is 5.75 Å². The van der Waals surface area contributed by atoms with Crippen molar-refractivity contribution < 1.29 is 31.4 Å². The smallest absolute Gasteiger partial charge is 0.244 e. The fourth-order valence-electron chi connectivity index (χ4n) is 5.04.